The molecule has 0 aliphatic carbocycles. The Balaban J connectivity index is 2.21. The third-order valence-corrected chi connectivity index (χ3v) is 3.90. The normalized spacial score (nSPS) is 26.2. The molecule has 1 aliphatic heterocycles. The summed E-state index contributed by atoms with van der Waals surface area (Å²) in [5, 5.41) is 0. The Kier molecular flexibility index (Phi) is 3.62. The SMILES string of the molecule is CN1CC(CN)CC1c1ccc(F)c(Br)c1. The quantitative estimate of drug-likeness (QED) is 0.905. The molecule has 2 atom stereocenters. The topological polar surface area (TPSA) is 29.3 Å². The average molecular weight is 287 g/mol. The number of benzene rings is 1. The van der Waals surface area contributed by atoms with Crippen molar-refractivity contribution in [3.8, 4) is 0 Å². The van der Waals surface area contributed by atoms with Gasteiger partial charge in [-0.05, 0) is 59.6 Å². The van der Waals surface area contributed by atoms with E-state index in [0.717, 1.165) is 25.1 Å². The molecule has 4 heteroatoms. The molecule has 88 valence electrons. The van der Waals surface area contributed by atoms with Crippen molar-refractivity contribution in [3.63, 3.8) is 0 Å². The summed E-state index contributed by atoms with van der Waals surface area (Å²) < 4.78 is 13.7. The number of likely N-dealkylation sites (tertiary alicyclic amines) is 1. The zero-order chi connectivity index (χ0) is 11.7. The van der Waals surface area contributed by atoms with E-state index in [1.165, 1.54) is 6.07 Å². The van der Waals surface area contributed by atoms with Crippen LogP contribution in [0.5, 0.6) is 0 Å². The molecule has 0 spiro atoms. The highest BCUT2D eigenvalue weighted by molar-refractivity contribution is 9.10. The minimum Gasteiger partial charge on any atom is -0.330 e. The molecule has 0 aromatic heterocycles. The first-order valence-electron chi connectivity index (χ1n) is 5.47. The molecule has 0 radical (unpaired) electrons. The highest BCUT2D eigenvalue weighted by Gasteiger charge is 2.29. The molecule has 0 saturated carbocycles. The van der Waals surface area contributed by atoms with Gasteiger partial charge in [-0.2, -0.15) is 0 Å². The second-order valence-electron chi connectivity index (χ2n) is 4.47. The first-order valence-corrected chi connectivity index (χ1v) is 6.26. The number of rotatable bonds is 2. The number of nitrogens with two attached hydrogens (primary N) is 1. The van der Waals surface area contributed by atoms with Gasteiger partial charge in [-0.3, -0.25) is 4.90 Å². The Morgan fingerprint density at radius 3 is 2.88 bits per heavy atom. The van der Waals surface area contributed by atoms with E-state index in [9.17, 15) is 4.39 Å². The predicted octanol–water partition coefficient (Wildman–Crippen LogP) is 2.54. The summed E-state index contributed by atoms with van der Waals surface area (Å²) in [4.78, 5) is 2.29. The number of nitrogens with zero attached hydrogens (tertiary/aromatic N) is 1. The van der Waals surface area contributed by atoms with Crippen LogP contribution in [0.2, 0.25) is 0 Å². The van der Waals surface area contributed by atoms with Crippen molar-refractivity contribution < 1.29 is 4.39 Å². The maximum atomic E-state index is 13.1. The molecule has 1 heterocycles. The monoisotopic (exact) mass is 286 g/mol. The summed E-state index contributed by atoms with van der Waals surface area (Å²) in [6.45, 7) is 1.75. The van der Waals surface area contributed by atoms with Crippen molar-refractivity contribution in [1.82, 2.24) is 4.90 Å². The summed E-state index contributed by atoms with van der Waals surface area (Å²) in [5.41, 5.74) is 6.85. The standard InChI is InChI=1S/C12H16BrFN2/c1-16-7-8(6-15)4-12(16)9-2-3-11(14)10(13)5-9/h2-3,5,8,12H,4,6-7,15H2,1H3. The second-order valence-corrected chi connectivity index (χ2v) is 5.32. The van der Waals surface area contributed by atoms with Gasteiger partial charge in [0.25, 0.3) is 0 Å². The molecule has 2 N–H and O–H groups in total. The fraction of sp³-hybridized carbons (Fsp3) is 0.500. The molecule has 1 aliphatic rings. The summed E-state index contributed by atoms with van der Waals surface area (Å²) in [5.74, 6) is 0.346. The molecule has 1 saturated heterocycles. The highest BCUT2D eigenvalue weighted by Crippen LogP contribution is 2.34. The Morgan fingerprint density at radius 1 is 1.56 bits per heavy atom. The molecular weight excluding hydrogens is 271 g/mol. The summed E-state index contributed by atoms with van der Waals surface area (Å²) in [6, 6.07) is 5.61. The van der Waals surface area contributed by atoms with Crippen molar-refractivity contribution >= 4 is 15.9 Å². The van der Waals surface area contributed by atoms with Crippen LogP contribution >= 0.6 is 15.9 Å². The van der Waals surface area contributed by atoms with E-state index in [2.05, 4.69) is 27.9 Å². The van der Waals surface area contributed by atoms with Crippen LogP contribution in [0.25, 0.3) is 0 Å². The Labute approximate surface area is 104 Å². The molecule has 2 nitrogen and oxygen atoms in total. The van der Waals surface area contributed by atoms with Gasteiger partial charge in [0.05, 0.1) is 4.47 Å². The van der Waals surface area contributed by atoms with Crippen LogP contribution in [-0.2, 0) is 0 Å². The summed E-state index contributed by atoms with van der Waals surface area (Å²) in [6.07, 6.45) is 1.06. The Bertz CT molecular complexity index is 383. The Morgan fingerprint density at radius 2 is 2.31 bits per heavy atom. The molecule has 0 amide bonds. The fourth-order valence-corrected chi connectivity index (χ4v) is 2.78. The lowest BCUT2D eigenvalue weighted by atomic mass is 10.00. The van der Waals surface area contributed by atoms with Gasteiger partial charge in [-0.25, -0.2) is 4.39 Å². The third kappa shape index (κ3) is 2.29. The van der Waals surface area contributed by atoms with Crippen molar-refractivity contribution in [2.45, 2.75) is 12.5 Å². The minimum atomic E-state index is -0.209. The van der Waals surface area contributed by atoms with E-state index in [-0.39, 0.29) is 5.82 Å². The van der Waals surface area contributed by atoms with E-state index >= 15 is 0 Å². The largest absolute Gasteiger partial charge is 0.330 e. The summed E-state index contributed by atoms with van der Waals surface area (Å²) in [7, 11) is 2.09. The van der Waals surface area contributed by atoms with E-state index in [1.54, 1.807) is 0 Å². The van der Waals surface area contributed by atoms with Gasteiger partial charge in [0, 0.05) is 12.6 Å². The van der Waals surface area contributed by atoms with E-state index in [0.29, 0.717) is 16.4 Å². The van der Waals surface area contributed by atoms with E-state index in [1.807, 2.05) is 12.1 Å². The molecule has 16 heavy (non-hydrogen) atoms. The number of hydrogen-bond donors (Lipinski definition) is 1. The van der Waals surface area contributed by atoms with Gasteiger partial charge in [-0.1, -0.05) is 6.07 Å². The Hall–Kier alpha value is -0.450. The first kappa shape index (κ1) is 12.0. The average Bonchev–Trinajstić information content (AvgIpc) is 2.64. The molecule has 2 rings (SSSR count). The molecule has 0 bridgehead atoms. The maximum absolute atomic E-state index is 13.1. The second kappa shape index (κ2) is 4.82. The van der Waals surface area contributed by atoms with E-state index in [4.69, 9.17) is 5.73 Å². The maximum Gasteiger partial charge on any atom is 0.137 e. The van der Waals surface area contributed by atoms with Crippen molar-refractivity contribution in [1.29, 1.82) is 0 Å². The van der Waals surface area contributed by atoms with Gasteiger partial charge in [0.2, 0.25) is 0 Å². The molecule has 1 aromatic carbocycles. The smallest absolute Gasteiger partial charge is 0.137 e. The lowest BCUT2D eigenvalue weighted by Crippen LogP contribution is -2.20. The van der Waals surface area contributed by atoms with Crippen molar-refractivity contribution in [2.75, 3.05) is 20.1 Å². The highest BCUT2D eigenvalue weighted by atomic mass is 79.9. The predicted molar refractivity (Wildman–Crippen MR) is 66.6 cm³/mol. The van der Waals surface area contributed by atoms with Crippen LogP contribution in [0.4, 0.5) is 4.39 Å². The fourth-order valence-electron chi connectivity index (χ4n) is 2.39. The number of halogens is 2. The molecular formula is C12H16BrFN2. The minimum absolute atomic E-state index is 0.209. The van der Waals surface area contributed by atoms with Crippen molar-refractivity contribution in [2.24, 2.45) is 11.7 Å². The molecule has 1 fully saturated rings. The lowest BCUT2D eigenvalue weighted by Gasteiger charge is -2.19. The first-order chi connectivity index (χ1) is 7.61. The van der Waals surface area contributed by atoms with Crippen LogP contribution in [0.15, 0.2) is 22.7 Å². The van der Waals surface area contributed by atoms with Gasteiger partial charge in [-0.15, -0.1) is 0 Å². The van der Waals surface area contributed by atoms with Crippen molar-refractivity contribution in [3.05, 3.63) is 34.1 Å². The van der Waals surface area contributed by atoms with Crippen LogP contribution in [-0.4, -0.2) is 25.0 Å². The molecule has 2 unspecified atom stereocenters. The lowest BCUT2D eigenvalue weighted by molar-refractivity contribution is 0.313. The zero-order valence-corrected chi connectivity index (χ0v) is 10.9. The van der Waals surface area contributed by atoms with Gasteiger partial charge >= 0.3 is 0 Å². The van der Waals surface area contributed by atoms with Crippen LogP contribution < -0.4 is 5.73 Å². The number of hydrogen-bond acceptors (Lipinski definition) is 2. The van der Waals surface area contributed by atoms with E-state index < -0.39 is 0 Å². The molecule has 1 aromatic rings. The van der Waals surface area contributed by atoms with Gasteiger partial charge in [0.1, 0.15) is 5.82 Å². The van der Waals surface area contributed by atoms with Crippen LogP contribution in [0.1, 0.15) is 18.0 Å². The zero-order valence-electron chi connectivity index (χ0n) is 9.29. The van der Waals surface area contributed by atoms with Crippen LogP contribution in [0.3, 0.4) is 0 Å². The van der Waals surface area contributed by atoms with Crippen LogP contribution in [0, 0.1) is 11.7 Å². The van der Waals surface area contributed by atoms with Gasteiger partial charge in [0.15, 0.2) is 0 Å². The summed E-state index contributed by atoms with van der Waals surface area (Å²) >= 11 is 3.23. The third-order valence-electron chi connectivity index (χ3n) is 3.30. The van der Waals surface area contributed by atoms with Gasteiger partial charge < -0.3 is 5.73 Å².